The molecule has 0 amide bonds. The molecule has 0 spiro atoms. The first-order valence-corrected chi connectivity index (χ1v) is 11.2. The van der Waals surface area contributed by atoms with Crippen molar-refractivity contribution in [1.82, 2.24) is 19.3 Å². The Bertz CT molecular complexity index is 1480. The third kappa shape index (κ3) is 4.92. The van der Waals surface area contributed by atoms with Gasteiger partial charge in [-0.25, -0.2) is 9.67 Å². The highest BCUT2D eigenvalue weighted by molar-refractivity contribution is 5.75. The summed E-state index contributed by atoms with van der Waals surface area (Å²) in [5.74, 6) is 2.51. The molecule has 5 rings (SSSR count). The molecule has 3 aromatic carbocycles. The Balaban J connectivity index is 1.25. The van der Waals surface area contributed by atoms with Gasteiger partial charge in [-0.05, 0) is 55.5 Å². The lowest BCUT2D eigenvalue weighted by Crippen LogP contribution is -2.32. The van der Waals surface area contributed by atoms with Crippen LogP contribution in [0.15, 0.2) is 95.9 Å². The molecule has 0 aliphatic heterocycles. The van der Waals surface area contributed by atoms with Gasteiger partial charge in [-0.1, -0.05) is 36.4 Å². The topological polar surface area (TPSA) is 91.4 Å². The molecule has 1 atom stereocenters. The summed E-state index contributed by atoms with van der Waals surface area (Å²) in [4.78, 5) is 17.7. The van der Waals surface area contributed by atoms with E-state index in [2.05, 4.69) is 10.1 Å². The van der Waals surface area contributed by atoms with Crippen molar-refractivity contribution in [2.45, 2.75) is 19.6 Å². The van der Waals surface area contributed by atoms with Gasteiger partial charge in [-0.2, -0.15) is 5.10 Å². The minimum Gasteiger partial charge on any atom is -0.491 e. The highest BCUT2D eigenvalue weighted by Crippen LogP contribution is 2.23. The highest BCUT2D eigenvalue weighted by atomic mass is 16.5. The van der Waals surface area contributed by atoms with Crippen molar-refractivity contribution in [1.29, 1.82) is 0 Å². The fourth-order valence-electron chi connectivity index (χ4n) is 3.76. The van der Waals surface area contributed by atoms with Crippen molar-refractivity contribution < 1.29 is 14.6 Å². The third-order valence-electron chi connectivity index (χ3n) is 5.52. The number of rotatable bonds is 8. The van der Waals surface area contributed by atoms with E-state index in [-0.39, 0.29) is 18.7 Å². The van der Waals surface area contributed by atoms with Gasteiger partial charge in [0.25, 0.3) is 5.56 Å². The van der Waals surface area contributed by atoms with Crippen LogP contribution in [-0.2, 0) is 6.54 Å². The van der Waals surface area contributed by atoms with Gasteiger partial charge in [-0.3, -0.25) is 9.36 Å². The van der Waals surface area contributed by atoms with Crippen LogP contribution >= 0.6 is 0 Å². The number of aromatic nitrogens is 4. The number of hydrogen-bond acceptors (Lipinski definition) is 6. The van der Waals surface area contributed by atoms with Crippen molar-refractivity contribution in [2.75, 3.05) is 6.61 Å². The quantitative estimate of drug-likeness (QED) is 0.368. The first-order valence-electron chi connectivity index (χ1n) is 11.2. The SMILES string of the molecule is Cc1nc2c(cnn2-c2ccccc2)c(=O)n1C[C@H](O)COc1ccc(Oc2ccccc2)cc1. The van der Waals surface area contributed by atoms with Crippen LogP contribution in [-0.4, -0.2) is 37.1 Å². The Morgan fingerprint density at radius 3 is 2.23 bits per heavy atom. The summed E-state index contributed by atoms with van der Waals surface area (Å²) in [6.45, 7) is 1.81. The van der Waals surface area contributed by atoms with Crippen molar-refractivity contribution in [3.8, 4) is 22.9 Å². The van der Waals surface area contributed by atoms with Crippen LogP contribution in [0.2, 0.25) is 0 Å². The second-order valence-corrected chi connectivity index (χ2v) is 8.06. The molecule has 8 heteroatoms. The number of aliphatic hydroxyl groups excluding tert-OH is 1. The van der Waals surface area contributed by atoms with Crippen LogP contribution < -0.4 is 15.0 Å². The number of ether oxygens (including phenoxy) is 2. The van der Waals surface area contributed by atoms with Crippen molar-refractivity contribution in [2.24, 2.45) is 0 Å². The van der Waals surface area contributed by atoms with E-state index in [1.165, 1.54) is 10.8 Å². The molecule has 0 saturated heterocycles. The Kier molecular flexibility index (Phi) is 6.28. The molecule has 1 N–H and O–H groups in total. The number of benzene rings is 3. The van der Waals surface area contributed by atoms with Crippen LogP contribution in [0, 0.1) is 6.92 Å². The summed E-state index contributed by atoms with van der Waals surface area (Å²) in [5, 5.41) is 15.3. The predicted molar refractivity (Wildman–Crippen MR) is 132 cm³/mol. The van der Waals surface area contributed by atoms with Crippen LogP contribution in [0.5, 0.6) is 17.2 Å². The normalized spacial score (nSPS) is 11.9. The number of aliphatic hydroxyl groups is 1. The van der Waals surface area contributed by atoms with Crippen molar-refractivity contribution >= 4 is 11.0 Å². The molecular weight excluding hydrogens is 444 g/mol. The molecule has 2 heterocycles. The van der Waals surface area contributed by atoms with Crippen LogP contribution in [0.3, 0.4) is 0 Å². The average molecular weight is 469 g/mol. The summed E-state index contributed by atoms with van der Waals surface area (Å²) in [6, 6.07) is 26.1. The molecule has 0 bridgehead atoms. The maximum absolute atomic E-state index is 13.1. The second-order valence-electron chi connectivity index (χ2n) is 8.06. The second kappa shape index (κ2) is 9.82. The molecule has 0 aliphatic carbocycles. The number of nitrogens with zero attached hydrogens (tertiary/aromatic N) is 4. The van der Waals surface area contributed by atoms with E-state index in [0.29, 0.717) is 28.4 Å². The number of para-hydroxylation sites is 2. The highest BCUT2D eigenvalue weighted by Gasteiger charge is 2.16. The van der Waals surface area contributed by atoms with Gasteiger partial charge in [-0.15, -0.1) is 0 Å². The predicted octanol–water partition coefficient (Wildman–Crippen LogP) is 4.12. The van der Waals surface area contributed by atoms with Crippen LogP contribution in [0.4, 0.5) is 0 Å². The first-order chi connectivity index (χ1) is 17.1. The zero-order valence-corrected chi connectivity index (χ0v) is 19.1. The molecule has 0 fully saturated rings. The number of hydrogen-bond donors (Lipinski definition) is 1. The van der Waals surface area contributed by atoms with Crippen LogP contribution in [0.1, 0.15) is 5.82 Å². The molecular formula is C27H24N4O4. The molecule has 0 radical (unpaired) electrons. The molecule has 8 nitrogen and oxygen atoms in total. The average Bonchev–Trinajstić information content (AvgIpc) is 3.31. The summed E-state index contributed by atoms with van der Waals surface area (Å²) in [7, 11) is 0. The summed E-state index contributed by atoms with van der Waals surface area (Å²) >= 11 is 0. The molecule has 0 unspecified atom stereocenters. The van der Waals surface area contributed by atoms with E-state index < -0.39 is 6.10 Å². The zero-order valence-electron chi connectivity index (χ0n) is 19.1. The molecule has 0 aliphatic rings. The molecule has 5 aromatic rings. The summed E-state index contributed by atoms with van der Waals surface area (Å²) < 4.78 is 14.6. The van der Waals surface area contributed by atoms with Gasteiger partial charge >= 0.3 is 0 Å². The Morgan fingerprint density at radius 2 is 1.51 bits per heavy atom. The third-order valence-corrected chi connectivity index (χ3v) is 5.52. The lowest BCUT2D eigenvalue weighted by atomic mass is 10.3. The first kappa shape index (κ1) is 22.4. The van der Waals surface area contributed by atoms with E-state index in [4.69, 9.17) is 9.47 Å². The molecule has 176 valence electrons. The van der Waals surface area contributed by atoms with E-state index >= 15 is 0 Å². The minimum atomic E-state index is -0.907. The van der Waals surface area contributed by atoms with Gasteiger partial charge in [0.1, 0.15) is 41.2 Å². The van der Waals surface area contributed by atoms with Gasteiger partial charge in [0.2, 0.25) is 0 Å². The van der Waals surface area contributed by atoms with Crippen LogP contribution in [0.25, 0.3) is 16.7 Å². The van der Waals surface area contributed by atoms with E-state index in [1.807, 2.05) is 60.7 Å². The molecule has 0 saturated carbocycles. The van der Waals surface area contributed by atoms with Crippen molar-refractivity contribution in [3.63, 3.8) is 0 Å². The van der Waals surface area contributed by atoms with Gasteiger partial charge < -0.3 is 14.6 Å². The van der Waals surface area contributed by atoms with Gasteiger partial charge in [0.15, 0.2) is 5.65 Å². The number of fused-ring (bicyclic) bond motifs is 1. The Morgan fingerprint density at radius 1 is 0.886 bits per heavy atom. The Hall–Kier alpha value is -4.43. The lowest BCUT2D eigenvalue weighted by Gasteiger charge is -2.16. The maximum atomic E-state index is 13.1. The zero-order chi connectivity index (χ0) is 24.2. The van der Waals surface area contributed by atoms with E-state index in [0.717, 1.165) is 11.4 Å². The standard InChI is InChI=1S/C27H24N4O4/c1-19-29-26-25(16-28-31(26)20-8-4-2-5-9-20)27(33)30(19)17-21(32)18-34-22-12-14-24(15-13-22)35-23-10-6-3-7-11-23/h2-16,21,32H,17-18H2,1H3/t21-/m0/s1. The van der Waals surface area contributed by atoms with Gasteiger partial charge in [0, 0.05) is 0 Å². The van der Waals surface area contributed by atoms with E-state index in [1.54, 1.807) is 35.9 Å². The summed E-state index contributed by atoms with van der Waals surface area (Å²) in [6.07, 6.45) is 0.602. The summed E-state index contributed by atoms with van der Waals surface area (Å²) in [5.41, 5.74) is 1.05. The Labute approximate surface area is 201 Å². The molecule has 35 heavy (non-hydrogen) atoms. The monoisotopic (exact) mass is 468 g/mol. The maximum Gasteiger partial charge on any atom is 0.264 e. The van der Waals surface area contributed by atoms with E-state index in [9.17, 15) is 9.90 Å². The minimum absolute atomic E-state index is 0.0199. The molecule has 2 aromatic heterocycles. The lowest BCUT2D eigenvalue weighted by molar-refractivity contribution is 0.0909. The number of aryl methyl sites for hydroxylation is 1. The van der Waals surface area contributed by atoms with Gasteiger partial charge in [0.05, 0.1) is 18.4 Å². The van der Waals surface area contributed by atoms with Crippen molar-refractivity contribution in [3.05, 3.63) is 107 Å². The fourth-order valence-corrected chi connectivity index (χ4v) is 3.76. The largest absolute Gasteiger partial charge is 0.491 e. The fraction of sp³-hybridized carbons (Fsp3) is 0.148. The smallest absolute Gasteiger partial charge is 0.264 e.